The molecule has 2 rings (SSSR count). The molecule has 0 fully saturated rings. The first-order valence-electron chi connectivity index (χ1n) is 7.36. The summed E-state index contributed by atoms with van der Waals surface area (Å²) in [4.78, 5) is 25.8. The second kappa shape index (κ2) is 7.74. The molecule has 0 spiro atoms. The van der Waals surface area contributed by atoms with E-state index in [9.17, 15) is 9.59 Å². The topological polar surface area (TPSA) is 58.2 Å². The Morgan fingerprint density at radius 3 is 2.39 bits per heavy atom. The highest BCUT2D eigenvalue weighted by molar-refractivity contribution is 7.12. The van der Waals surface area contributed by atoms with Crippen LogP contribution in [-0.4, -0.2) is 18.9 Å². The lowest BCUT2D eigenvalue weighted by atomic mass is 10.1. The third-order valence-corrected chi connectivity index (χ3v) is 4.56. The van der Waals surface area contributed by atoms with Crippen molar-refractivity contribution in [2.24, 2.45) is 0 Å². The van der Waals surface area contributed by atoms with E-state index in [1.807, 2.05) is 26.0 Å². The molecule has 2 N–H and O–H groups in total. The minimum Gasteiger partial charge on any atom is -0.355 e. The van der Waals surface area contributed by atoms with E-state index in [1.165, 1.54) is 11.0 Å². The number of rotatable bonds is 5. The fourth-order valence-corrected chi connectivity index (χ4v) is 2.96. The summed E-state index contributed by atoms with van der Waals surface area (Å²) in [6.07, 6.45) is 3.24. The van der Waals surface area contributed by atoms with Gasteiger partial charge in [-0.15, -0.1) is 11.3 Å². The molecular formula is C18H20N2O2S. The number of carbonyl (C=O) groups excluding carboxylic acids is 2. The smallest absolute Gasteiger partial charge is 0.251 e. The normalized spacial score (nSPS) is 12.1. The van der Waals surface area contributed by atoms with Crippen molar-refractivity contribution in [2.45, 2.75) is 19.9 Å². The summed E-state index contributed by atoms with van der Waals surface area (Å²) in [6.45, 7) is 4.01. The molecule has 1 unspecified atom stereocenters. The van der Waals surface area contributed by atoms with Gasteiger partial charge in [0.25, 0.3) is 5.91 Å². The van der Waals surface area contributed by atoms with Crippen LogP contribution in [0.15, 0.2) is 42.5 Å². The van der Waals surface area contributed by atoms with Gasteiger partial charge in [-0.2, -0.15) is 0 Å². The van der Waals surface area contributed by atoms with Crippen molar-refractivity contribution >= 4 is 29.2 Å². The summed E-state index contributed by atoms with van der Waals surface area (Å²) in [5, 5.41) is 5.51. The Bertz CT molecular complexity index is 717. The zero-order valence-electron chi connectivity index (χ0n) is 13.4. The van der Waals surface area contributed by atoms with Gasteiger partial charge in [-0.1, -0.05) is 12.1 Å². The number of amides is 2. The monoisotopic (exact) mass is 328 g/mol. The maximum atomic E-state index is 12.0. The number of hydrogen-bond donors (Lipinski definition) is 2. The van der Waals surface area contributed by atoms with Crippen LogP contribution in [0.3, 0.4) is 0 Å². The third-order valence-electron chi connectivity index (χ3n) is 3.37. The van der Waals surface area contributed by atoms with Gasteiger partial charge in [0, 0.05) is 28.4 Å². The second-order valence-corrected chi connectivity index (χ2v) is 6.53. The van der Waals surface area contributed by atoms with Crippen LogP contribution in [0.5, 0.6) is 0 Å². The highest BCUT2D eigenvalue weighted by atomic mass is 32.1. The molecule has 0 saturated heterocycles. The first kappa shape index (κ1) is 17.0. The van der Waals surface area contributed by atoms with Crippen LogP contribution in [-0.2, 0) is 4.79 Å². The molecule has 5 heteroatoms. The van der Waals surface area contributed by atoms with Crippen LogP contribution in [0, 0.1) is 6.92 Å². The van der Waals surface area contributed by atoms with Crippen molar-refractivity contribution in [1.29, 1.82) is 0 Å². The number of carbonyl (C=O) groups is 2. The lowest BCUT2D eigenvalue weighted by molar-refractivity contribution is -0.117. The van der Waals surface area contributed by atoms with Gasteiger partial charge in [0.05, 0.1) is 6.04 Å². The van der Waals surface area contributed by atoms with Gasteiger partial charge in [-0.3, -0.25) is 9.59 Å². The average molecular weight is 328 g/mol. The average Bonchev–Trinajstić information content (AvgIpc) is 2.99. The van der Waals surface area contributed by atoms with E-state index in [4.69, 9.17) is 0 Å². The summed E-state index contributed by atoms with van der Waals surface area (Å²) < 4.78 is 0. The van der Waals surface area contributed by atoms with Crippen LogP contribution in [0.2, 0.25) is 0 Å². The first-order chi connectivity index (χ1) is 11.0. The van der Waals surface area contributed by atoms with E-state index in [2.05, 4.69) is 10.6 Å². The Balaban J connectivity index is 1.94. The maximum absolute atomic E-state index is 12.0. The van der Waals surface area contributed by atoms with E-state index in [1.54, 1.807) is 48.7 Å². The summed E-state index contributed by atoms with van der Waals surface area (Å²) in [6, 6.07) is 11.1. The highest BCUT2D eigenvalue weighted by Crippen LogP contribution is 2.22. The Kier molecular flexibility index (Phi) is 5.71. The van der Waals surface area contributed by atoms with E-state index < -0.39 is 0 Å². The Hall–Kier alpha value is -2.40. The number of aryl methyl sites for hydroxylation is 1. The summed E-state index contributed by atoms with van der Waals surface area (Å²) in [5.41, 5.74) is 1.46. The molecule has 0 aliphatic rings. The zero-order chi connectivity index (χ0) is 16.8. The molecule has 0 bridgehead atoms. The molecule has 2 amide bonds. The number of hydrogen-bond acceptors (Lipinski definition) is 3. The summed E-state index contributed by atoms with van der Waals surface area (Å²) in [7, 11) is 1.59. The predicted molar refractivity (Wildman–Crippen MR) is 94.5 cm³/mol. The van der Waals surface area contributed by atoms with Crippen LogP contribution >= 0.6 is 11.3 Å². The van der Waals surface area contributed by atoms with Crippen LogP contribution in [0.4, 0.5) is 0 Å². The molecule has 1 aromatic carbocycles. The predicted octanol–water partition coefficient (Wildman–Crippen LogP) is 3.31. The minimum atomic E-state index is -0.140. The molecule has 1 heterocycles. The largest absolute Gasteiger partial charge is 0.355 e. The number of thiophene rings is 1. The molecule has 0 saturated carbocycles. The van der Waals surface area contributed by atoms with Gasteiger partial charge >= 0.3 is 0 Å². The standard InChI is InChI=1S/C18H20N2O2S/c1-12-4-10-16(23-12)13(2)20-17(21)11-7-14-5-8-15(9-6-14)18(22)19-3/h4-11,13H,1-3H3,(H,19,22)(H,20,21). The first-order valence-corrected chi connectivity index (χ1v) is 8.18. The quantitative estimate of drug-likeness (QED) is 0.827. The minimum absolute atomic E-state index is 0.0125. The van der Waals surface area contributed by atoms with Crippen molar-refractivity contribution in [3.63, 3.8) is 0 Å². The van der Waals surface area contributed by atoms with Gasteiger partial charge in [0.1, 0.15) is 0 Å². The fourth-order valence-electron chi connectivity index (χ4n) is 2.08. The molecule has 1 atom stereocenters. The Labute approximate surface area is 140 Å². The van der Waals surface area contributed by atoms with Gasteiger partial charge in [-0.05, 0) is 49.8 Å². The number of benzene rings is 1. The fraction of sp³-hybridized carbons (Fsp3) is 0.222. The van der Waals surface area contributed by atoms with Crippen molar-refractivity contribution in [3.8, 4) is 0 Å². The summed E-state index contributed by atoms with van der Waals surface area (Å²) >= 11 is 1.68. The van der Waals surface area contributed by atoms with Crippen molar-refractivity contribution in [1.82, 2.24) is 10.6 Å². The molecule has 23 heavy (non-hydrogen) atoms. The molecule has 2 aromatic rings. The molecule has 0 aliphatic heterocycles. The molecule has 4 nitrogen and oxygen atoms in total. The number of nitrogens with one attached hydrogen (secondary N) is 2. The van der Waals surface area contributed by atoms with Crippen molar-refractivity contribution < 1.29 is 9.59 Å². The lowest BCUT2D eigenvalue weighted by Gasteiger charge is -2.10. The maximum Gasteiger partial charge on any atom is 0.251 e. The lowest BCUT2D eigenvalue weighted by Crippen LogP contribution is -2.23. The Morgan fingerprint density at radius 2 is 1.83 bits per heavy atom. The van der Waals surface area contributed by atoms with Crippen LogP contribution in [0.25, 0.3) is 6.08 Å². The Morgan fingerprint density at radius 1 is 1.13 bits per heavy atom. The van der Waals surface area contributed by atoms with E-state index in [-0.39, 0.29) is 17.9 Å². The third kappa shape index (κ3) is 4.79. The van der Waals surface area contributed by atoms with E-state index in [0.29, 0.717) is 5.56 Å². The molecule has 120 valence electrons. The van der Waals surface area contributed by atoms with Crippen LogP contribution in [0.1, 0.15) is 38.6 Å². The zero-order valence-corrected chi connectivity index (χ0v) is 14.2. The van der Waals surface area contributed by atoms with Gasteiger partial charge < -0.3 is 10.6 Å². The van der Waals surface area contributed by atoms with Gasteiger partial charge in [-0.25, -0.2) is 0 Å². The van der Waals surface area contributed by atoms with Crippen LogP contribution < -0.4 is 10.6 Å². The van der Waals surface area contributed by atoms with Gasteiger partial charge in [0.15, 0.2) is 0 Å². The molecule has 1 aromatic heterocycles. The molecule has 0 radical (unpaired) electrons. The molecular weight excluding hydrogens is 308 g/mol. The second-order valence-electron chi connectivity index (χ2n) is 5.21. The summed E-state index contributed by atoms with van der Waals surface area (Å²) in [5.74, 6) is -0.266. The SMILES string of the molecule is CNC(=O)c1ccc(C=CC(=O)NC(C)c2ccc(C)s2)cc1. The van der Waals surface area contributed by atoms with Gasteiger partial charge in [0.2, 0.25) is 5.91 Å². The molecule has 0 aliphatic carbocycles. The van der Waals surface area contributed by atoms with E-state index in [0.717, 1.165) is 10.4 Å². The highest BCUT2D eigenvalue weighted by Gasteiger charge is 2.09. The van der Waals surface area contributed by atoms with Crippen molar-refractivity contribution in [2.75, 3.05) is 7.05 Å². The van der Waals surface area contributed by atoms with Crippen molar-refractivity contribution in [3.05, 3.63) is 63.4 Å². The van der Waals surface area contributed by atoms with E-state index >= 15 is 0 Å².